The zero-order valence-corrected chi connectivity index (χ0v) is 16.4. The van der Waals surface area contributed by atoms with E-state index in [1.165, 1.54) is 0 Å². The maximum Gasteiger partial charge on any atom is 0.517 e. The molecule has 1 aromatic carbocycles. The third-order valence-electron chi connectivity index (χ3n) is 4.38. The van der Waals surface area contributed by atoms with E-state index in [1.807, 2.05) is 0 Å². The number of hydrogen-bond donors (Lipinski definition) is 3. The first-order valence-corrected chi connectivity index (χ1v) is 10.3. The van der Waals surface area contributed by atoms with Crippen LogP contribution in [0.2, 0.25) is 0 Å². The molecule has 3 N–H and O–H groups in total. The minimum atomic E-state index is -2.54. The maximum absolute atomic E-state index is 11.9. The number of carboxylic acid groups (broad SMARTS) is 1. The molecule has 27 heavy (non-hydrogen) atoms. The quantitative estimate of drug-likeness (QED) is 0.402. The molecule has 0 radical (unpaired) electrons. The molecule has 9 heteroatoms. The highest BCUT2D eigenvalue weighted by Gasteiger charge is 2.48. The summed E-state index contributed by atoms with van der Waals surface area (Å²) < 4.78 is 28.7. The molecular weight excluding hydrogens is 373 g/mol. The molecule has 1 fully saturated rings. The van der Waals surface area contributed by atoms with E-state index >= 15 is 0 Å². The topological polar surface area (TPSA) is 114 Å². The molecule has 2 unspecified atom stereocenters. The Bertz CT molecular complexity index is 611. The smallest absolute Gasteiger partial charge is 0.478 e. The van der Waals surface area contributed by atoms with E-state index in [4.69, 9.17) is 19.3 Å². The van der Waals surface area contributed by atoms with Gasteiger partial charge in [-0.2, -0.15) is 4.89 Å². The second-order valence-electron chi connectivity index (χ2n) is 6.26. The van der Waals surface area contributed by atoms with Gasteiger partial charge in [0, 0.05) is 25.8 Å². The number of carbonyl (C=O) groups is 1. The molecule has 150 valence electrons. The molecule has 0 aromatic heterocycles. The van der Waals surface area contributed by atoms with Gasteiger partial charge >= 0.3 is 14.0 Å². The zero-order chi connectivity index (χ0) is 19.8. The van der Waals surface area contributed by atoms with Gasteiger partial charge in [-0.25, -0.2) is 4.79 Å². The van der Waals surface area contributed by atoms with E-state index in [-0.39, 0.29) is 11.6 Å². The number of carboxylic acids is 1. The Hall–Kier alpha value is -1.41. The van der Waals surface area contributed by atoms with E-state index in [0.717, 1.165) is 5.56 Å². The summed E-state index contributed by atoms with van der Waals surface area (Å²) in [5.74, 6) is -0.953. The Morgan fingerprint density at radius 1 is 1.30 bits per heavy atom. The van der Waals surface area contributed by atoms with Gasteiger partial charge in [0.1, 0.15) is 6.10 Å². The molecule has 0 amide bonds. The Morgan fingerprint density at radius 2 is 1.93 bits per heavy atom. The van der Waals surface area contributed by atoms with Crippen molar-refractivity contribution in [3.63, 3.8) is 0 Å². The third kappa shape index (κ3) is 6.31. The summed E-state index contributed by atoms with van der Waals surface area (Å²) in [6, 6.07) is 6.75. The molecule has 1 aliphatic heterocycles. The van der Waals surface area contributed by atoms with Crippen LogP contribution in [-0.2, 0) is 25.2 Å². The van der Waals surface area contributed by atoms with Crippen molar-refractivity contribution in [2.24, 2.45) is 0 Å². The van der Waals surface area contributed by atoms with Crippen LogP contribution in [0.25, 0.3) is 0 Å². The number of rotatable bonds is 10. The largest absolute Gasteiger partial charge is 0.517 e. The molecule has 0 aliphatic carbocycles. The first kappa shape index (κ1) is 21.9. The Balaban J connectivity index is 1.93. The van der Waals surface area contributed by atoms with Gasteiger partial charge < -0.3 is 24.6 Å². The number of morpholine rings is 1. The first-order chi connectivity index (χ1) is 13.0. The SMILES string of the molecule is CCOC(OCC)C([C@H]1CN[C@H](Cc2ccc(C(=O)O)cc2)CO1)[P+](=O)O. The lowest BCUT2D eigenvalue weighted by molar-refractivity contribution is -0.158. The number of nitrogens with one attached hydrogen (secondary N) is 1. The van der Waals surface area contributed by atoms with Gasteiger partial charge in [-0.15, -0.1) is 0 Å². The third-order valence-corrected chi connectivity index (χ3v) is 5.46. The lowest BCUT2D eigenvalue weighted by atomic mass is 10.0. The summed E-state index contributed by atoms with van der Waals surface area (Å²) >= 11 is 0. The molecule has 1 heterocycles. The van der Waals surface area contributed by atoms with Crippen molar-refractivity contribution in [2.45, 2.75) is 44.4 Å². The normalized spacial score (nSPS) is 21.9. The van der Waals surface area contributed by atoms with Crippen LogP contribution in [0.5, 0.6) is 0 Å². The summed E-state index contributed by atoms with van der Waals surface area (Å²) in [5, 5.41) is 12.3. The summed E-state index contributed by atoms with van der Waals surface area (Å²) in [6.45, 7) is 5.13. The highest BCUT2D eigenvalue weighted by Crippen LogP contribution is 2.33. The standard InChI is InChI=1S/C18H26NO7P/c1-3-24-18(25-4-2)16(27(22)23)15-10-19-14(11-26-15)9-12-5-7-13(8-6-12)17(20)21/h5-8,14-16,18-19H,3-4,9-11H2,1-2H3,(H-,20,21,22,23)/p+1/t14-,15-,16?/m1/s1. The van der Waals surface area contributed by atoms with Crippen molar-refractivity contribution in [1.82, 2.24) is 5.32 Å². The minimum absolute atomic E-state index is 0.0341. The van der Waals surface area contributed by atoms with E-state index in [0.29, 0.717) is 32.8 Å². The molecule has 4 atom stereocenters. The van der Waals surface area contributed by atoms with Crippen molar-refractivity contribution in [1.29, 1.82) is 0 Å². The average molecular weight is 400 g/mol. The monoisotopic (exact) mass is 400 g/mol. The molecule has 1 saturated heterocycles. The Kier molecular flexibility index (Phi) is 8.76. The van der Waals surface area contributed by atoms with Crippen LogP contribution in [0.1, 0.15) is 29.8 Å². The Labute approximate surface area is 159 Å². The van der Waals surface area contributed by atoms with Crippen LogP contribution in [0, 0.1) is 0 Å². The van der Waals surface area contributed by atoms with E-state index in [1.54, 1.807) is 38.1 Å². The van der Waals surface area contributed by atoms with Gasteiger partial charge in [0.25, 0.3) is 5.66 Å². The van der Waals surface area contributed by atoms with Crippen LogP contribution in [0.15, 0.2) is 24.3 Å². The fraction of sp³-hybridized carbons (Fsp3) is 0.611. The highest BCUT2D eigenvalue weighted by atomic mass is 31.1. The predicted octanol–water partition coefficient (Wildman–Crippen LogP) is 1.79. The molecule has 2 rings (SSSR count). The van der Waals surface area contributed by atoms with Gasteiger partial charge in [-0.3, -0.25) is 0 Å². The van der Waals surface area contributed by atoms with Crippen LogP contribution < -0.4 is 5.32 Å². The maximum atomic E-state index is 11.9. The van der Waals surface area contributed by atoms with Crippen molar-refractivity contribution in [3.05, 3.63) is 35.4 Å². The average Bonchev–Trinajstić information content (AvgIpc) is 2.64. The molecule has 0 saturated carbocycles. The summed E-state index contributed by atoms with van der Waals surface area (Å²) in [7, 11) is -2.54. The van der Waals surface area contributed by atoms with Crippen molar-refractivity contribution in [2.75, 3.05) is 26.4 Å². The first-order valence-electron chi connectivity index (χ1n) is 9.01. The number of aromatic carboxylic acids is 1. The van der Waals surface area contributed by atoms with E-state index in [2.05, 4.69) is 5.32 Å². The van der Waals surface area contributed by atoms with Gasteiger partial charge in [-0.05, 0) is 42.5 Å². The predicted molar refractivity (Wildman–Crippen MR) is 99.3 cm³/mol. The fourth-order valence-corrected chi connectivity index (χ4v) is 3.91. The van der Waals surface area contributed by atoms with Gasteiger partial charge in [0.2, 0.25) is 6.29 Å². The summed E-state index contributed by atoms with van der Waals surface area (Å²) in [6.07, 6.45) is -0.615. The minimum Gasteiger partial charge on any atom is -0.478 e. The second-order valence-corrected chi connectivity index (χ2v) is 7.46. The molecular formula is C18H27NO7P+. The Morgan fingerprint density at radius 3 is 2.37 bits per heavy atom. The zero-order valence-electron chi connectivity index (χ0n) is 15.5. The molecule has 1 aliphatic rings. The number of benzene rings is 1. The highest BCUT2D eigenvalue weighted by molar-refractivity contribution is 7.39. The van der Waals surface area contributed by atoms with E-state index < -0.39 is 32.1 Å². The van der Waals surface area contributed by atoms with Crippen molar-refractivity contribution < 1.29 is 33.6 Å². The van der Waals surface area contributed by atoms with Crippen molar-refractivity contribution >= 4 is 14.0 Å². The van der Waals surface area contributed by atoms with Gasteiger partial charge in [-0.1, -0.05) is 12.1 Å². The molecule has 8 nitrogen and oxygen atoms in total. The summed E-state index contributed by atoms with van der Waals surface area (Å²) in [4.78, 5) is 20.7. The van der Waals surface area contributed by atoms with E-state index in [9.17, 15) is 14.3 Å². The van der Waals surface area contributed by atoms with Crippen LogP contribution >= 0.6 is 8.03 Å². The lowest BCUT2D eigenvalue weighted by Crippen LogP contribution is -2.53. The summed E-state index contributed by atoms with van der Waals surface area (Å²) in [5.41, 5.74) is 0.466. The molecule has 0 spiro atoms. The lowest BCUT2D eigenvalue weighted by Gasteiger charge is -2.33. The van der Waals surface area contributed by atoms with Gasteiger partial charge in [0.15, 0.2) is 0 Å². The fourth-order valence-electron chi connectivity index (χ4n) is 3.05. The van der Waals surface area contributed by atoms with Crippen molar-refractivity contribution in [3.8, 4) is 0 Å². The van der Waals surface area contributed by atoms with Crippen LogP contribution in [-0.4, -0.2) is 66.4 Å². The van der Waals surface area contributed by atoms with Crippen LogP contribution in [0.3, 0.4) is 0 Å². The molecule has 0 bridgehead atoms. The number of ether oxygens (including phenoxy) is 3. The number of hydrogen-bond acceptors (Lipinski definition) is 6. The van der Waals surface area contributed by atoms with Crippen LogP contribution in [0.4, 0.5) is 0 Å². The molecule has 1 aromatic rings. The second kappa shape index (κ2) is 10.8. The van der Waals surface area contributed by atoms with Gasteiger partial charge in [0.05, 0.1) is 12.2 Å².